The van der Waals surface area contributed by atoms with E-state index in [2.05, 4.69) is 10.6 Å². The fraction of sp³-hybridized carbons (Fsp3) is 0.429. The van der Waals surface area contributed by atoms with Gasteiger partial charge in [0.15, 0.2) is 0 Å². The molecule has 102 valence electrons. The Kier molecular flexibility index (Phi) is 4.16. The number of carbonyl (C=O) groups excluding carboxylic acids is 2. The molecule has 0 saturated carbocycles. The van der Waals surface area contributed by atoms with Crippen molar-refractivity contribution in [1.29, 1.82) is 0 Å². The first kappa shape index (κ1) is 13.5. The molecular weight excluding hydrogens is 244 g/mol. The molecule has 5 nitrogen and oxygen atoms in total. The second-order valence-corrected chi connectivity index (χ2v) is 4.70. The summed E-state index contributed by atoms with van der Waals surface area (Å²) >= 11 is 0. The fourth-order valence-corrected chi connectivity index (χ4v) is 2.17. The lowest BCUT2D eigenvalue weighted by Gasteiger charge is -2.22. The Labute approximate surface area is 112 Å². The summed E-state index contributed by atoms with van der Waals surface area (Å²) in [6.45, 7) is 2.55. The SMILES string of the molecule is COc1ccc(C)cc1CNC1CCC(=O)NC1=O. The molecule has 0 aliphatic carbocycles. The van der Waals surface area contributed by atoms with Gasteiger partial charge in [-0.15, -0.1) is 0 Å². The fourth-order valence-electron chi connectivity index (χ4n) is 2.17. The van der Waals surface area contributed by atoms with Gasteiger partial charge in [0.05, 0.1) is 13.2 Å². The van der Waals surface area contributed by atoms with Crippen LogP contribution in [0.5, 0.6) is 5.75 Å². The highest BCUT2D eigenvalue weighted by Crippen LogP contribution is 2.19. The van der Waals surface area contributed by atoms with E-state index in [1.54, 1.807) is 7.11 Å². The number of nitrogens with one attached hydrogen (secondary N) is 2. The van der Waals surface area contributed by atoms with E-state index in [9.17, 15) is 9.59 Å². The first-order valence-corrected chi connectivity index (χ1v) is 6.30. The van der Waals surface area contributed by atoms with Gasteiger partial charge in [0.1, 0.15) is 5.75 Å². The predicted octanol–water partition coefficient (Wildman–Crippen LogP) is 0.898. The van der Waals surface area contributed by atoms with Crippen molar-refractivity contribution in [2.45, 2.75) is 32.4 Å². The number of methoxy groups -OCH3 is 1. The lowest BCUT2D eigenvalue weighted by Crippen LogP contribution is -2.50. The average molecular weight is 262 g/mol. The molecule has 1 fully saturated rings. The van der Waals surface area contributed by atoms with Crippen molar-refractivity contribution in [3.05, 3.63) is 29.3 Å². The third-order valence-electron chi connectivity index (χ3n) is 3.21. The molecule has 2 rings (SSSR count). The molecule has 1 aliphatic heterocycles. The minimum atomic E-state index is -0.317. The number of piperidine rings is 1. The molecule has 0 spiro atoms. The zero-order valence-corrected chi connectivity index (χ0v) is 11.2. The number of amides is 2. The number of aryl methyl sites for hydroxylation is 1. The van der Waals surface area contributed by atoms with Gasteiger partial charge in [0.25, 0.3) is 0 Å². The number of benzene rings is 1. The number of hydrogen-bond donors (Lipinski definition) is 2. The van der Waals surface area contributed by atoms with Gasteiger partial charge >= 0.3 is 0 Å². The van der Waals surface area contributed by atoms with Crippen LogP contribution in [-0.2, 0) is 16.1 Å². The van der Waals surface area contributed by atoms with Gasteiger partial charge in [-0.05, 0) is 19.4 Å². The molecule has 0 radical (unpaired) electrons. The highest BCUT2D eigenvalue weighted by Gasteiger charge is 2.26. The summed E-state index contributed by atoms with van der Waals surface area (Å²) in [5.74, 6) is 0.351. The van der Waals surface area contributed by atoms with Gasteiger partial charge in [-0.1, -0.05) is 17.7 Å². The van der Waals surface area contributed by atoms with Crippen LogP contribution in [-0.4, -0.2) is 25.0 Å². The molecule has 1 heterocycles. The predicted molar refractivity (Wildman–Crippen MR) is 70.7 cm³/mol. The van der Waals surface area contributed by atoms with Crippen molar-refractivity contribution in [3.63, 3.8) is 0 Å². The van der Waals surface area contributed by atoms with E-state index in [0.29, 0.717) is 19.4 Å². The molecule has 0 aromatic heterocycles. The van der Waals surface area contributed by atoms with Crippen LogP contribution in [0, 0.1) is 6.92 Å². The van der Waals surface area contributed by atoms with Crippen molar-refractivity contribution in [2.75, 3.05) is 7.11 Å². The Morgan fingerprint density at radius 2 is 2.21 bits per heavy atom. The molecule has 1 aromatic carbocycles. The maximum atomic E-state index is 11.6. The van der Waals surface area contributed by atoms with Crippen LogP contribution in [0.3, 0.4) is 0 Å². The zero-order chi connectivity index (χ0) is 13.8. The van der Waals surface area contributed by atoms with Crippen molar-refractivity contribution in [2.24, 2.45) is 0 Å². The highest BCUT2D eigenvalue weighted by molar-refractivity contribution is 6.00. The lowest BCUT2D eigenvalue weighted by molar-refractivity contribution is -0.134. The number of ether oxygens (including phenoxy) is 1. The number of rotatable bonds is 4. The average Bonchev–Trinajstić information content (AvgIpc) is 2.38. The van der Waals surface area contributed by atoms with Gasteiger partial charge in [-0.2, -0.15) is 0 Å². The largest absolute Gasteiger partial charge is 0.496 e. The van der Waals surface area contributed by atoms with Gasteiger partial charge in [0, 0.05) is 18.5 Å². The highest BCUT2D eigenvalue weighted by atomic mass is 16.5. The minimum absolute atomic E-state index is 0.198. The Morgan fingerprint density at radius 1 is 1.42 bits per heavy atom. The molecule has 1 aliphatic rings. The molecule has 1 saturated heterocycles. The summed E-state index contributed by atoms with van der Waals surface area (Å²) in [5.41, 5.74) is 2.15. The molecule has 2 amide bonds. The standard InChI is InChI=1S/C14H18N2O3/c1-9-3-5-12(19-2)10(7-9)8-15-11-4-6-13(17)16-14(11)18/h3,5,7,11,15H,4,6,8H2,1-2H3,(H,16,17,18). The van der Waals surface area contributed by atoms with E-state index in [0.717, 1.165) is 16.9 Å². The number of carbonyl (C=O) groups is 2. The monoisotopic (exact) mass is 262 g/mol. The normalized spacial score (nSPS) is 19.2. The topological polar surface area (TPSA) is 67.4 Å². The minimum Gasteiger partial charge on any atom is -0.496 e. The van der Waals surface area contributed by atoms with Crippen LogP contribution >= 0.6 is 0 Å². The lowest BCUT2D eigenvalue weighted by atomic mass is 10.0. The van der Waals surface area contributed by atoms with Crippen LogP contribution in [0.25, 0.3) is 0 Å². The third-order valence-corrected chi connectivity index (χ3v) is 3.21. The van der Waals surface area contributed by atoms with Crippen molar-refractivity contribution in [1.82, 2.24) is 10.6 Å². The smallest absolute Gasteiger partial charge is 0.243 e. The van der Waals surface area contributed by atoms with Crippen molar-refractivity contribution in [3.8, 4) is 5.75 Å². The van der Waals surface area contributed by atoms with Gasteiger partial charge in [0.2, 0.25) is 11.8 Å². The molecule has 1 unspecified atom stereocenters. The molecule has 1 atom stereocenters. The van der Waals surface area contributed by atoms with Crippen molar-refractivity contribution < 1.29 is 14.3 Å². The molecule has 5 heteroatoms. The van der Waals surface area contributed by atoms with Gasteiger partial charge in [-0.25, -0.2) is 0 Å². The summed E-state index contributed by atoms with van der Waals surface area (Å²) in [5, 5.41) is 5.50. The second-order valence-electron chi connectivity index (χ2n) is 4.70. The van der Waals surface area contributed by atoms with Crippen LogP contribution in [0.4, 0.5) is 0 Å². The van der Waals surface area contributed by atoms with E-state index >= 15 is 0 Å². The summed E-state index contributed by atoms with van der Waals surface area (Å²) < 4.78 is 5.29. The first-order valence-electron chi connectivity index (χ1n) is 6.30. The maximum Gasteiger partial charge on any atom is 0.243 e. The number of imide groups is 1. The Balaban J connectivity index is 2.00. The molecule has 0 bridgehead atoms. The van der Waals surface area contributed by atoms with Gasteiger partial charge in [-0.3, -0.25) is 14.9 Å². The zero-order valence-electron chi connectivity index (χ0n) is 11.2. The molecule has 2 N–H and O–H groups in total. The molecule has 1 aromatic rings. The van der Waals surface area contributed by atoms with Crippen LogP contribution in [0.15, 0.2) is 18.2 Å². The first-order chi connectivity index (χ1) is 9.10. The van der Waals surface area contributed by atoms with Crippen molar-refractivity contribution >= 4 is 11.8 Å². The Morgan fingerprint density at radius 3 is 2.89 bits per heavy atom. The quantitative estimate of drug-likeness (QED) is 0.791. The maximum absolute atomic E-state index is 11.6. The summed E-state index contributed by atoms with van der Waals surface area (Å²) in [7, 11) is 1.63. The van der Waals surface area contributed by atoms with Crippen LogP contribution < -0.4 is 15.4 Å². The van der Waals surface area contributed by atoms with E-state index in [1.807, 2.05) is 25.1 Å². The Hall–Kier alpha value is -1.88. The van der Waals surface area contributed by atoms with Crippen LogP contribution in [0.2, 0.25) is 0 Å². The van der Waals surface area contributed by atoms with Crippen LogP contribution in [0.1, 0.15) is 24.0 Å². The second kappa shape index (κ2) is 5.84. The van der Waals surface area contributed by atoms with E-state index in [4.69, 9.17) is 4.74 Å². The number of hydrogen-bond acceptors (Lipinski definition) is 4. The molecule has 19 heavy (non-hydrogen) atoms. The van der Waals surface area contributed by atoms with E-state index in [-0.39, 0.29) is 17.9 Å². The van der Waals surface area contributed by atoms with E-state index in [1.165, 1.54) is 0 Å². The summed E-state index contributed by atoms with van der Waals surface area (Å²) in [4.78, 5) is 22.7. The summed E-state index contributed by atoms with van der Waals surface area (Å²) in [6, 6.07) is 5.60. The summed E-state index contributed by atoms with van der Waals surface area (Å²) in [6.07, 6.45) is 0.924. The molecular formula is C14H18N2O3. The van der Waals surface area contributed by atoms with E-state index < -0.39 is 0 Å². The third kappa shape index (κ3) is 3.32. The van der Waals surface area contributed by atoms with Gasteiger partial charge < -0.3 is 10.1 Å². The Bertz CT molecular complexity index is 499.